The van der Waals surface area contributed by atoms with Crippen LogP contribution in [0.1, 0.15) is 19.5 Å². The molecule has 1 aliphatic rings. The molecule has 0 saturated carbocycles. The molecule has 1 aromatic heterocycles. The van der Waals surface area contributed by atoms with Gasteiger partial charge in [-0.2, -0.15) is 5.10 Å². The Morgan fingerprint density at radius 2 is 2.07 bits per heavy atom. The summed E-state index contributed by atoms with van der Waals surface area (Å²) in [5, 5.41) is 7.87. The summed E-state index contributed by atoms with van der Waals surface area (Å²) < 4.78 is 1.87. The second-order valence-electron chi connectivity index (χ2n) is 4.51. The second kappa shape index (κ2) is 4.33. The Kier molecular flexibility index (Phi) is 3.07. The average molecular weight is 208 g/mol. The van der Waals surface area contributed by atoms with Crippen LogP contribution in [0.15, 0.2) is 12.3 Å². The van der Waals surface area contributed by atoms with E-state index in [1.807, 2.05) is 17.9 Å². The van der Waals surface area contributed by atoms with Gasteiger partial charge in [-0.05, 0) is 19.9 Å². The number of piperazine rings is 1. The zero-order valence-corrected chi connectivity index (χ0v) is 9.77. The van der Waals surface area contributed by atoms with Crippen LogP contribution in [-0.2, 0) is 13.6 Å². The van der Waals surface area contributed by atoms with Gasteiger partial charge in [0, 0.05) is 45.0 Å². The molecule has 15 heavy (non-hydrogen) atoms. The molecule has 0 bridgehead atoms. The number of aryl methyl sites for hydroxylation is 1. The third kappa shape index (κ3) is 2.38. The van der Waals surface area contributed by atoms with Crippen LogP contribution in [0.3, 0.4) is 0 Å². The quantitative estimate of drug-likeness (QED) is 0.772. The molecule has 4 heteroatoms. The predicted octanol–water partition coefficient (Wildman–Crippen LogP) is 0.602. The molecule has 1 fully saturated rings. The van der Waals surface area contributed by atoms with Gasteiger partial charge in [0.2, 0.25) is 0 Å². The van der Waals surface area contributed by atoms with Crippen molar-refractivity contribution in [1.29, 1.82) is 0 Å². The number of nitrogens with zero attached hydrogens (tertiary/aromatic N) is 3. The Bertz CT molecular complexity index is 310. The van der Waals surface area contributed by atoms with E-state index < -0.39 is 0 Å². The van der Waals surface area contributed by atoms with E-state index in [4.69, 9.17) is 0 Å². The second-order valence-corrected chi connectivity index (χ2v) is 4.51. The number of rotatable bonds is 2. The van der Waals surface area contributed by atoms with Gasteiger partial charge in [0.1, 0.15) is 0 Å². The minimum Gasteiger partial charge on any atom is -0.314 e. The fourth-order valence-electron chi connectivity index (χ4n) is 2.22. The molecule has 0 aliphatic carbocycles. The fraction of sp³-hybridized carbons (Fsp3) is 0.727. The molecule has 0 amide bonds. The van der Waals surface area contributed by atoms with Crippen LogP contribution < -0.4 is 5.32 Å². The van der Waals surface area contributed by atoms with E-state index in [0.717, 1.165) is 25.3 Å². The van der Waals surface area contributed by atoms with Crippen LogP contribution in [0, 0.1) is 0 Å². The van der Waals surface area contributed by atoms with Gasteiger partial charge < -0.3 is 5.32 Å². The Labute approximate surface area is 91.3 Å². The summed E-state index contributed by atoms with van der Waals surface area (Å²) in [5.41, 5.74) is 1.16. The molecule has 2 rings (SSSR count). The summed E-state index contributed by atoms with van der Waals surface area (Å²) in [5.74, 6) is 0. The van der Waals surface area contributed by atoms with Crippen molar-refractivity contribution in [2.75, 3.05) is 13.1 Å². The number of nitrogens with one attached hydrogen (secondary N) is 1. The van der Waals surface area contributed by atoms with E-state index in [-0.39, 0.29) is 0 Å². The lowest BCUT2D eigenvalue weighted by molar-refractivity contribution is 0.107. The molecular weight excluding hydrogens is 188 g/mol. The Morgan fingerprint density at radius 1 is 1.40 bits per heavy atom. The summed E-state index contributed by atoms with van der Waals surface area (Å²) in [6.45, 7) is 7.66. The Morgan fingerprint density at radius 3 is 2.60 bits per heavy atom. The Balaban J connectivity index is 2.03. The van der Waals surface area contributed by atoms with Crippen molar-refractivity contribution in [3.63, 3.8) is 0 Å². The minimum absolute atomic E-state index is 0.593. The third-order valence-corrected chi connectivity index (χ3v) is 3.13. The van der Waals surface area contributed by atoms with Gasteiger partial charge in [-0.1, -0.05) is 0 Å². The standard InChI is InChI=1S/C11H20N4/c1-9-6-12-7-10(2)15(9)8-11-4-5-14(3)13-11/h4-5,9-10,12H,6-8H2,1-3H3. The van der Waals surface area contributed by atoms with E-state index >= 15 is 0 Å². The highest BCUT2D eigenvalue weighted by Gasteiger charge is 2.24. The maximum absolute atomic E-state index is 4.43. The highest BCUT2D eigenvalue weighted by atomic mass is 15.3. The zero-order valence-electron chi connectivity index (χ0n) is 9.77. The third-order valence-electron chi connectivity index (χ3n) is 3.13. The number of hydrogen-bond acceptors (Lipinski definition) is 3. The van der Waals surface area contributed by atoms with Gasteiger partial charge in [-0.3, -0.25) is 9.58 Å². The first-order valence-corrected chi connectivity index (χ1v) is 5.62. The van der Waals surface area contributed by atoms with Crippen molar-refractivity contribution in [3.05, 3.63) is 18.0 Å². The van der Waals surface area contributed by atoms with Crippen LogP contribution in [0.2, 0.25) is 0 Å². The summed E-state index contributed by atoms with van der Waals surface area (Å²) in [6, 6.07) is 3.29. The van der Waals surface area contributed by atoms with E-state index in [0.29, 0.717) is 12.1 Å². The van der Waals surface area contributed by atoms with Crippen molar-refractivity contribution in [2.24, 2.45) is 7.05 Å². The lowest BCUT2D eigenvalue weighted by atomic mass is 10.1. The normalized spacial score (nSPS) is 28.2. The van der Waals surface area contributed by atoms with Gasteiger partial charge in [0.25, 0.3) is 0 Å². The molecule has 0 spiro atoms. The van der Waals surface area contributed by atoms with Crippen molar-refractivity contribution < 1.29 is 0 Å². The van der Waals surface area contributed by atoms with E-state index in [1.54, 1.807) is 0 Å². The molecule has 1 saturated heterocycles. The van der Waals surface area contributed by atoms with Gasteiger partial charge >= 0.3 is 0 Å². The zero-order chi connectivity index (χ0) is 10.8. The molecule has 0 radical (unpaired) electrons. The fourth-order valence-corrected chi connectivity index (χ4v) is 2.22. The van der Waals surface area contributed by atoms with Crippen LogP contribution in [0.5, 0.6) is 0 Å². The number of hydrogen-bond donors (Lipinski definition) is 1. The first-order valence-electron chi connectivity index (χ1n) is 5.62. The Hall–Kier alpha value is -0.870. The van der Waals surface area contributed by atoms with E-state index in [9.17, 15) is 0 Å². The van der Waals surface area contributed by atoms with Crippen LogP contribution in [-0.4, -0.2) is 39.9 Å². The topological polar surface area (TPSA) is 33.1 Å². The molecule has 1 N–H and O–H groups in total. The maximum Gasteiger partial charge on any atom is 0.0764 e. The first kappa shape index (κ1) is 10.6. The van der Waals surface area contributed by atoms with E-state index in [1.165, 1.54) is 0 Å². The SMILES string of the molecule is CC1CNCC(C)N1Cc1ccn(C)n1. The highest BCUT2D eigenvalue weighted by molar-refractivity contribution is 5.00. The molecule has 2 atom stereocenters. The molecule has 2 heterocycles. The van der Waals surface area contributed by atoms with E-state index in [2.05, 4.69) is 35.2 Å². The van der Waals surface area contributed by atoms with Crippen LogP contribution >= 0.6 is 0 Å². The smallest absolute Gasteiger partial charge is 0.0764 e. The average Bonchev–Trinajstić information content (AvgIpc) is 2.58. The summed E-state index contributed by atoms with van der Waals surface area (Å²) in [6.07, 6.45) is 2.01. The summed E-state index contributed by atoms with van der Waals surface area (Å²) in [4.78, 5) is 2.51. The maximum atomic E-state index is 4.43. The molecular formula is C11H20N4. The summed E-state index contributed by atoms with van der Waals surface area (Å²) in [7, 11) is 1.97. The van der Waals surface area contributed by atoms with Crippen molar-refractivity contribution >= 4 is 0 Å². The summed E-state index contributed by atoms with van der Waals surface area (Å²) >= 11 is 0. The van der Waals surface area contributed by atoms with Gasteiger partial charge in [0.05, 0.1) is 5.69 Å². The largest absolute Gasteiger partial charge is 0.314 e. The molecule has 84 valence electrons. The van der Waals surface area contributed by atoms with Crippen molar-refractivity contribution in [1.82, 2.24) is 20.0 Å². The predicted molar refractivity (Wildman–Crippen MR) is 60.5 cm³/mol. The highest BCUT2D eigenvalue weighted by Crippen LogP contribution is 2.13. The van der Waals surface area contributed by atoms with Crippen LogP contribution in [0.4, 0.5) is 0 Å². The van der Waals surface area contributed by atoms with Gasteiger partial charge in [0.15, 0.2) is 0 Å². The van der Waals surface area contributed by atoms with Gasteiger partial charge in [-0.25, -0.2) is 0 Å². The molecule has 0 aromatic carbocycles. The van der Waals surface area contributed by atoms with Gasteiger partial charge in [-0.15, -0.1) is 0 Å². The molecule has 1 aliphatic heterocycles. The number of aromatic nitrogens is 2. The molecule has 2 unspecified atom stereocenters. The molecule has 4 nitrogen and oxygen atoms in total. The first-order chi connectivity index (χ1) is 7.16. The lowest BCUT2D eigenvalue weighted by Crippen LogP contribution is -2.54. The monoisotopic (exact) mass is 208 g/mol. The minimum atomic E-state index is 0.593. The van der Waals surface area contributed by atoms with Crippen molar-refractivity contribution in [3.8, 4) is 0 Å². The molecule has 1 aromatic rings. The van der Waals surface area contributed by atoms with Crippen LogP contribution in [0.25, 0.3) is 0 Å². The van der Waals surface area contributed by atoms with Crippen molar-refractivity contribution in [2.45, 2.75) is 32.5 Å². The lowest BCUT2D eigenvalue weighted by Gasteiger charge is -2.38.